The summed E-state index contributed by atoms with van der Waals surface area (Å²) in [5.74, 6) is -0.902. The monoisotopic (exact) mass is 492 g/mol. The van der Waals surface area contributed by atoms with E-state index in [9.17, 15) is 14.4 Å². The number of esters is 1. The number of carbonyl (C=O) groups excluding carboxylic acids is 3. The van der Waals surface area contributed by atoms with Gasteiger partial charge in [-0.05, 0) is 77.1 Å². The van der Waals surface area contributed by atoms with Crippen LogP contribution in [0.25, 0.3) is 10.9 Å². The molecule has 192 valence electrons. The van der Waals surface area contributed by atoms with Crippen LogP contribution in [0.4, 0.5) is 0 Å². The van der Waals surface area contributed by atoms with Crippen molar-refractivity contribution >= 4 is 28.7 Å². The normalized spacial score (nSPS) is 15.9. The van der Waals surface area contributed by atoms with E-state index >= 15 is 0 Å². The number of nitrogens with one attached hydrogen (secondary N) is 3. The summed E-state index contributed by atoms with van der Waals surface area (Å²) in [6.07, 6.45) is 4.00. The number of fused-ring (bicyclic) bond motifs is 1. The Morgan fingerprint density at radius 2 is 1.97 bits per heavy atom. The number of hydrogen-bond acceptors (Lipinski definition) is 4. The average molecular weight is 493 g/mol. The molecular weight excluding hydrogens is 456 g/mol. The van der Waals surface area contributed by atoms with Crippen LogP contribution >= 0.6 is 0 Å². The van der Waals surface area contributed by atoms with Crippen molar-refractivity contribution in [2.75, 3.05) is 19.6 Å². The summed E-state index contributed by atoms with van der Waals surface area (Å²) in [4.78, 5) is 46.9. The van der Waals surface area contributed by atoms with Crippen LogP contribution in [0, 0.1) is 26.7 Å². The molecule has 1 aliphatic rings. The van der Waals surface area contributed by atoms with Gasteiger partial charge in [-0.1, -0.05) is 11.6 Å². The summed E-state index contributed by atoms with van der Waals surface area (Å²) < 4.78 is 5.34. The lowest BCUT2D eigenvalue weighted by atomic mass is 9.96. The zero-order valence-corrected chi connectivity index (χ0v) is 21.8. The molecule has 1 aliphatic heterocycles. The van der Waals surface area contributed by atoms with E-state index in [0.29, 0.717) is 42.1 Å². The fraction of sp³-hybridized carbons (Fsp3) is 0.464. The Bertz CT molecular complexity index is 1290. The maximum atomic E-state index is 13.3. The number of piperidine rings is 1. The van der Waals surface area contributed by atoms with Gasteiger partial charge in [0, 0.05) is 42.4 Å². The van der Waals surface area contributed by atoms with Gasteiger partial charge < -0.3 is 24.9 Å². The van der Waals surface area contributed by atoms with Gasteiger partial charge >= 0.3 is 5.97 Å². The van der Waals surface area contributed by atoms with Crippen LogP contribution in [0.5, 0.6) is 0 Å². The number of H-pyrrole nitrogens is 2. The standard InChI is InChI=1S/C28H36N4O4/c1-16(2)36-28(35)24-18(4)25(31-19(24)5)27(34)32-12-6-7-21(15-32)26(33)29-11-10-20-14-30-23-9-8-17(3)13-22(20)23/h8-9,13-14,16,21,30-31H,6-7,10-12,15H2,1-5H3,(H,29,33). The third kappa shape index (κ3) is 5.32. The minimum absolute atomic E-state index is 0.0240. The van der Waals surface area contributed by atoms with Gasteiger partial charge in [0.2, 0.25) is 5.91 Å². The number of likely N-dealkylation sites (tertiary alicyclic amines) is 1. The second-order valence-corrected chi connectivity index (χ2v) is 10.1. The van der Waals surface area contributed by atoms with E-state index in [4.69, 9.17) is 4.74 Å². The fourth-order valence-electron chi connectivity index (χ4n) is 5.04. The minimum Gasteiger partial charge on any atom is -0.459 e. The van der Waals surface area contributed by atoms with Gasteiger partial charge in [0.15, 0.2) is 0 Å². The molecule has 0 spiro atoms. The highest BCUT2D eigenvalue weighted by Gasteiger charge is 2.32. The van der Waals surface area contributed by atoms with E-state index in [-0.39, 0.29) is 23.8 Å². The van der Waals surface area contributed by atoms with E-state index in [1.165, 1.54) is 16.5 Å². The summed E-state index contributed by atoms with van der Waals surface area (Å²) >= 11 is 0. The van der Waals surface area contributed by atoms with Crippen molar-refractivity contribution in [2.45, 2.75) is 60.0 Å². The molecule has 1 aromatic carbocycles. The van der Waals surface area contributed by atoms with E-state index in [2.05, 4.69) is 40.4 Å². The van der Waals surface area contributed by atoms with Gasteiger partial charge in [0.25, 0.3) is 5.91 Å². The minimum atomic E-state index is -0.434. The van der Waals surface area contributed by atoms with Crippen LogP contribution in [0.3, 0.4) is 0 Å². The predicted molar refractivity (Wildman–Crippen MR) is 139 cm³/mol. The molecule has 3 aromatic rings. The predicted octanol–water partition coefficient (Wildman–Crippen LogP) is 4.20. The highest BCUT2D eigenvalue weighted by molar-refractivity contribution is 6.00. The fourth-order valence-corrected chi connectivity index (χ4v) is 5.04. The molecule has 1 fully saturated rings. The molecule has 36 heavy (non-hydrogen) atoms. The molecule has 8 heteroatoms. The molecule has 4 rings (SSSR count). The van der Waals surface area contributed by atoms with Crippen molar-refractivity contribution < 1.29 is 19.1 Å². The first-order chi connectivity index (χ1) is 17.2. The Labute approximate surface area is 211 Å². The van der Waals surface area contributed by atoms with Crippen LogP contribution in [-0.2, 0) is 16.0 Å². The Morgan fingerprint density at radius 1 is 1.19 bits per heavy atom. The van der Waals surface area contributed by atoms with Crippen molar-refractivity contribution in [3.63, 3.8) is 0 Å². The lowest BCUT2D eigenvalue weighted by molar-refractivity contribution is -0.126. The quantitative estimate of drug-likeness (QED) is 0.430. The maximum Gasteiger partial charge on any atom is 0.340 e. The van der Waals surface area contributed by atoms with E-state index < -0.39 is 5.97 Å². The molecule has 2 aromatic heterocycles. The molecule has 0 radical (unpaired) electrons. The van der Waals surface area contributed by atoms with Crippen LogP contribution in [0.15, 0.2) is 24.4 Å². The third-order valence-electron chi connectivity index (χ3n) is 6.89. The molecule has 1 unspecified atom stereocenters. The number of aromatic nitrogens is 2. The van der Waals surface area contributed by atoms with Gasteiger partial charge in [0.1, 0.15) is 5.69 Å². The topological polar surface area (TPSA) is 107 Å². The van der Waals surface area contributed by atoms with Gasteiger partial charge in [0.05, 0.1) is 17.6 Å². The van der Waals surface area contributed by atoms with E-state index in [1.54, 1.807) is 32.6 Å². The first-order valence-electron chi connectivity index (χ1n) is 12.7. The zero-order chi connectivity index (χ0) is 26.0. The Balaban J connectivity index is 1.37. The zero-order valence-electron chi connectivity index (χ0n) is 21.8. The van der Waals surface area contributed by atoms with E-state index in [0.717, 1.165) is 24.8 Å². The summed E-state index contributed by atoms with van der Waals surface area (Å²) in [5.41, 5.74) is 5.47. The lowest BCUT2D eigenvalue weighted by Crippen LogP contribution is -2.46. The van der Waals surface area contributed by atoms with Crippen molar-refractivity contribution in [1.82, 2.24) is 20.2 Å². The number of amides is 2. The number of nitrogens with zero attached hydrogens (tertiary/aromatic N) is 1. The van der Waals surface area contributed by atoms with Crippen LogP contribution in [0.2, 0.25) is 0 Å². The molecule has 3 heterocycles. The van der Waals surface area contributed by atoms with Crippen molar-refractivity contribution in [3.05, 3.63) is 58.0 Å². The summed E-state index contributed by atoms with van der Waals surface area (Å²) in [6.45, 7) is 10.7. The van der Waals surface area contributed by atoms with Crippen molar-refractivity contribution in [1.29, 1.82) is 0 Å². The number of benzene rings is 1. The molecule has 1 atom stereocenters. The summed E-state index contributed by atoms with van der Waals surface area (Å²) in [7, 11) is 0. The highest BCUT2D eigenvalue weighted by Crippen LogP contribution is 2.24. The molecule has 0 aliphatic carbocycles. The van der Waals surface area contributed by atoms with Crippen LogP contribution in [-0.4, -0.2) is 58.4 Å². The highest BCUT2D eigenvalue weighted by atomic mass is 16.5. The Hall–Kier alpha value is -3.55. The number of aryl methyl sites for hydroxylation is 2. The third-order valence-corrected chi connectivity index (χ3v) is 6.89. The molecule has 3 N–H and O–H groups in total. The number of aromatic amines is 2. The largest absolute Gasteiger partial charge is 0.459 e. The first-order valence-corrected chi connectivity index (χ1v) is 12.7. The number of hydrogen-bond donors (Lipinski definition) is 3. The van der Waals surface area contributed by atoms with Gasteiger partial charge in [-0.25, -0.2) is 4.79 Å². The number of rotatable bonds is 7. The summed E-state index contributed by atoms with van der Waals surface area (Å²) in [6, 6.07) is 6.31. The maximum absolute atomic E-state index is 13.3. The second kappa shape index (κ2) is 10.6. The molecule has 2 amide bonds. The number of carbonyl (C=O) groups is 3. The van der Waals surface area contributed by atoms with Crippen LogP contribution in [0.1, 0.15) is 69.9 Å². The van der Waals surface area contributed by atoms with Gasteiger partial charge in [-0.2, -0.15) is 0 Å². The second-order valence-electron chi connectivity index (χ2n) is 10.1. The molecule has 0 saturated carbocycles. The molecular formula is C28H36N4O4. The smallest absolute Gasteiger partial charge is 0.340 e. The van der Waals surface area contributed by atoms with Crippen molar-refractivity contribution in [2.24, 2.45) is 5.92 Å². The first kappa shape index (κ1) is 25.5. The Morgan fingerprint density at radius 3 is 2.72 bits per heavy atom. The molecule has 1 saturated heterocycles. The average Bonchev–Trinajstić information content (AvgIpc) is 3.37. The van der Waals surface area contributed by atoms with Crippen LogP contribution < -0.4 is 5.32 Å². The van der Waals surface area contributed by atoms with Crippen molar-refractivity contribution in [3.8, 4) is 0 Å². The molecule has 8 nitrogen and oxygen atoms in total. The summed E-state index contributed by atoms with van der Waals surface area (Å²) in [5, 5.41) is 4.25. The lowest BCUT2D eigenvalue weighted by Gasteiger charge is -2.32. The SMILES string of the molecule is Cc1ccc2[nH]cc(CCNC(=O)C3CCCN(C(=O)c4[nH]c(C)c(C(=O)OC(C)C)c4C)C3)c2c1. The Kier molecular flexibility index (Phi) is 7.52. The van der Waals surface area contributed by atoms with Gasteiger partial charge in [-0.15, -0.1) is 0 Å². The van der Waals surface area contributed by atoms with E-state index in [1.807, 2.05) is 6.20 Å². The molecule has 0 bridgehead atoms. The number of ether oxygens (including phenoxy) is 1. The van der Waals surface area contributed by atoms with Gasteiger partial charge in [-0.3, -0.25) is 9.59 Å².